The molecule has 1 amide bonds. The maximum Gasteiger partial charge on any atom is 0.228 e. The third kappa shape index (κ3) is 4.77. The van der Waals surface area contributed by atoms with E-state index in [2.05, 4.69) is 33.3 Å². The second-order valence-corrected chi connectivity index (χ2v) is 7.61. The van der Waals surface area contributed by atoms with Crippen LogP contribution in [0.1, 0.15) is 31.9 Å². The van der Waals surface area contributed by atoms with Gasteiger partial charge in [-0.15, -0.1) is 0 Å². The van der Waals surface area contributed by atoms with Crippen molar-refractivity contribution in [2.75, 3.05) is 19.6 Å². The van der Waals surface area contributed by atoms with Gasteiger partial charge in [-0.2, -0.15) is 0 Å². The molecule has 0 atom stereocenters. The third-order valence-electron chi connectivity index (χ3n) is 5.50. The van der Waals surface area contributed by atoms with Gasteiger partial charge < -0.3 is 10.2 Å². The number of benzene rings is 1. The van der Waals surface area contributed by atoms with Crippen LogP contribution in [0.15, 0.2) is 49.1 Å². The highest BCUT2D eigenvalue weighted by Crippen LogP contribution is 2.23. The second kappa shape index (κ2) is 9.09. The molecule has 0 unspecified atom stereocenters. The first-order valence-corrected chi connectivity index (χ1v) is 10.4. The van der Waals surface area contributed by atoms with Gasteiger partial charge in [0.2, 0.25) is 5.91 Å². The molecular formula is C23H27N5O. The Balaban J connectivity index is 1.43. The van der Waals surface area contributed by atoms with Gasteiger partial charge in [0, 0.05) is 48.7 Å². The number of hydrogen-bond acceptors (Lipinski definition) is 5. The van der Waals surface area contributed by atoms with Crippen LogP contribution in [-0.2, 0) is 11.2 Å². The number of likely N-dealkylation sites (tertiary alicyclic amines) is 1. The van der Waals surface area contributed by atoms with E-state index in [4.69, 9.17) is 0 Å². The summed E-state index contributed by atoms with van der Waals surface area (Å²) in [5.41, 5.74) is 2.66. The molecule has 29 heavy (non-hydrogen) atoms. The lowest BCUT2D eigenvalue weighted by Crippen LogP contribution is -2.45. The van der Waals surface area contributed by atoms with Gasteiger partial charge in [-0.1, -0.05) is 19.1 Å². The van der Waals surface area contributed by atoms with Crippen molar-refractivity contribution in [3.05, 3.63) is 54.7 Å². The Morgan fingerprint density at radius 3 is 2.72 bits per heavy atom. The lowest BCUT2D eigenvalue weighted by molar-refractivity contribution is -0.131. The molecule has 0 aliphatic carbocycles. The number of rotatable bonds is 6. The molecule has 6 heteroatoms. The number of nitrogens with zero attached hydrogens (tertiary/aromatic N) is 4. The minimum atomic E-state index is 0.163. The largest absolute Gasteiger partial charge is 0.342 e. The van der Waals surface area contributed by atoms with Crippen LogP contribution in [0.5, 0.6) is 0 Å². The van der Waals surface area contributed by atoms with Crippen molar-refractivity contribution in [1.82, 2.24) is 25.2 Å². The van der Waals surface area contributed by atoms with Crippen LogP contribution in [0.2, 0.25) is 0 Å². The number of fused-ring (bicyclic) bond motifs is 1. The predicted octanol–water partition coefficient (Wildman–Crippen LogP) is 3.22. The topological polar surface area (TPSA) is 71.0 Å². The van der Waals surface area contributed by atoms with Crippen LogP contribution in [0.25, 0.3) is 22.0 Å². The summed E-state index contributed by atoms with van der Waals surface area (Å²) in [5.74, 6) is 0.163. The van der Waals surface area contributed by atoms with Crippen molar-refractivity contribution in [2.45, 2.75) is 38.6 Å². The number of piperidine rings is 1. The van der Waals surface area contributed by atoms with E-state index in [-0.39, 0.29) is 5.91 Å². The molecule has 1 N–H and O–H groups in total. The number of pyridine rings is 1. The zero-order valence-corrected chi connectivity index (χ0v) is 16.8. The van der Waals surface area contributed by atoms with Gasteiger partial charge in [0.1, 0.15) is 0 Å². The molecule has 3 heterocycles. The maximum absolute atomic E-state index is 12.8. The number of carbonyl (C=O) groups is 1. The molecule has 0 radical (unpaired) electrons. The summed E-state index contributed by atoms with van der Waals surface area (Å²) < 4.78 is 0. The average Bonchev–Trinajstić information content (AvgIpc) is 2.78. The van der Waals surface area contributed by atoms with Crippen molar-refractivity contribution >= 4 is 16.7 Å². The van der Waals surface area contributed by atoms with Crippen LogP contribution >= 0.6 is 0 Å². The Hall–Kier alpha value is -2.86. The minimum absolute atomic E-state index is 0.163. The van der Waals surface area contributed by atoms with Crippen molar-refractivity contribution < 1.29 is 4.79 Å². The van der Waals surface area contributed by atoms with Crippen LogP contribution in [0, 0.1) is 0 Å². The van der Waals surface area contributed by atoms with Crippen LogP contribution in [0.4, 0.5) is 0 Å². The number of aromatic nitrogens is 3. The molecule has 4 rings (SSSR count). The van der Waals surface area contributed by atoms with Crippen molar-refractivity contribution in [1.29, 1.82) is 0 Å². The molecule has 2 aromatic heterocycles. The molecule has 0 spiro atoms. The third-order valence-corrected chi connectivity index (χ3v) is 5.50. The normalized spacial score (nSPS) is 15.0. The lowest BCUT2D eigenvalue weighted by Gasteiger charge is -2.32. The van der Waals surface area contributed by atoms with Crippen LogP contribution in [-0.4, -0.2) is 51.4 Å². The summed E-state index contributed by atoms with van der Waals surface area (Å²) >= 11 is 0. The zero-order chi connectivity index (χ0) is 20.1. The van der Waals surface area contributed by atoms with E-state index in [9.17, 15) is 4.79 Å². The summed E-state index contributed by atoms with van der Waals surface area (Å²) in [6.45, 7) is 4.88. The lowest BCUT2D eigenvalue weighted by atomic mass is 10.0. The van der Waals surface area contributed by atoms with E-state index in [1.54, 1.807) is 18.6 Å². The fourth-order valence-corrected chi connectivity index (χ4v) is 3.84. The fourth-order valence-electron chi connectivity index (χ4n) is 3.84. The Kier molecular flexibility index (Phi) is 6.10. The molecule has 6 nitrogen and oxygen atoms in total. The monoisotopic (exact) mass is 389 g/mol. The van der Waals surface area contributed by atoms with Gasteiger partial charge in [-0.25, -0.2) is 0 Å². The summed E-state index contributed by atoms with van der Waals surface area (Å²) in [5, 5.41) is 5.68. The van der Waals surface area contributed by atoms with Crippen LogP contribution < -0.4 is 5.32 Å². The maximum atomic E-state index is 12.8. The average molecular weight is 390 g/mol. The first kappa shape index (κ1) is 19.5. The highest BCUT2D eigenvalue weighted by atomic mass is 16.2. The van der Waals surface area contributed by atoms with Crippen molar-refractivity contribution in [3.63, 3.8) is 0 Å². The molecule has 150 valence electrons. The SMILES string of the molecule is CCCNC1CCN(C(=O)Cc2cc3cc(-c4cnccn4)ccc3cn2)CC1. The first-order valence-electron chi connectivity index (χ1n) is 10.4. The van der Waals surface area contributed by atoms with Crippen LogP contribution in [0.3, 0.4) is 0 Å². The van der Waals surface area contributed by atoms with Crippen molar-refractivity contribution in [3.8, 4) is 11.3 Å². The summed E-state index contributed by atoms with van der Waals surface area (Å²) in [7, 11) is 0. The smallest absolute Gasteiger partial charge is 0.228 e. The number of carbonyl (C=O) groups excluding carboxylic acids is 1. The quantitative estimate of drug-likeness (QED) is 0.701. The van der Waals surface area contributed by atoms with E-state index in [0.29, 0.717) is 12.5 Å². The Bertz CT molecular complexity index is 967. The van der Waals surface area contributed by atoms with E-state index >= 15 is 0 Å². The summed E-state index contributed by atoms with van der Waals surface area (Å²) in [4.78, 5) is 27.8. The van der Waals surface area contributed by atoms with Gasteiger partial charge in [0.25, 0.3) is 0 Å². The van der Waals surface area contributed by atoms with E-state index < -0.39 is 0 Å². The first-order chi connectivity index (χ1) is 14.2. The van der Waals surface area contributed by atoms with Gasteiger partial charge in [-0.3, -0.25) is 19.7 Å². The Morgan fingerprint density at radius 2 is 1.97 bits per heavy atom. The summed E-state index contributed by atoms with van der Waals surface area (Å²) in [6.07, 6.45) is 10.5. The number of amides is 1. The molecular weight excluding hydrogens is 362 g/mol. The van der Waals surface area contributed by atoms with E-state index in [1.165, 1.54) is 0 Å². The molecule has 1 saturated heterocycles. The standard InChI is InChI=1S/C23H27N5O/c1-2-7-25-20-5-10-28(11-6-20)23(29)14-21-13-19-12-17(3-4-18(19)15-27-21)22-16-24-8-9-26-22/h3-4,8-9,12-13,15-16,20,25H,2,5-7,10-11,14H2,1H3. The van der Waals surface area contributed by atoms with E-state index in [0.717, 1.165) is 66.6 Å². The predicted molar refractivity (Wildman–Crippen MR) is 114 cm³/mol. The number of nitrogens with one attached hydrogen (secondary N) is 1. The van der Waals surface area contributed by atoms with E-state index in [1.807, 2.05) is 29.3 Å². The minimum Gasteiger partial charge on any atom is -0.342 e. The summed E-state index contributed by atoms with van der Waals surface area (Å²) in [6, 6.07) is 8.70. The Labute approximate surface area is 171 Å². The Morgan fingerprint density at radius 1 is 1.10 bits per heavy atom. The molecule has 0 saturated carbocycles. The molecule has 0 bridgehead atoms. The van der Waals surface area contributed by atoms with Crippen molar-refractivity contribution in [2.24, 2.45) is 0 Å². The molecule has 3 aromatic rings. The zero-order valence-electron chi connectivity index (χ0n) is 16.8. The van der Waals surface area contributed by atoms with Gasteiger partial charge in [0.15, 0.2) is 0 Å². The highest BCUT2D eigenvalue weighted by molar-refractivity contribution is 5.87. The highest BCUT2D eigenvalue weighted by Gasteiger charge is 2.22. The molecule has 1 aliphatic rings. The van der Waals surface area contributed by atoms with Gasteiger partial charge in [-0.05, 0) is 43.3 Å². The van der Waals surface area contributed by atoms with Gasteiger partial charge in [0.05, 0.1) is 24.0 Å². The molecule has 1 aromatic carbocycles. The van der Waals surface area contributed by atoms with Gasteiger partial charge >= 0.3 is 0 Å². The second-order valence-electron chi connectivity index (χ2n) is 7.61. The molecule has 1 aliphatic heterocycles. The fraction of sp³-hybridized carbons (Fsp3) is 0.391. The molecule has 1 fully saturated rings. The number of hydrogen-bond donors (Lipinski definition) is 1.